The molecule has 0 radical (unpaired) electrons. The Morgan fingerprint density at radius 3 is 2.44 bits per heavy atom. The van der Waals surface area contributed by atoms with Gasteiger partial charge in [-0.2, -0.15) is 0 Å². The van der Waals surface area contributed by atoms with Crippen LogP contribution < -0.4 is 15.4 Å². The minimum absolute atomic E-state index is 0.0790. The van der Waals surface area contributed by atoms with Crippen LogP contribution in [0.4, 0.5) is 10.5 Å². The van der Waals surface area contributed by atoms with Gasteiger partial charge in [0.2, 0.25) is 0 Å². The van der Waals surface area contributed by atoms with Gasteiger partial charge in [-0.15, -0.1) is 0 Å². The molecule has 5 heteroatoms. The van der Waals surface area contributed by atoms with Crippen molar-refractivity contribution in [3.8, 4) is 5.75 Å². The maximum atomic E-state index is 12.2. The number of aliphatic hydroxyl groups excluding tert-OH is 1. The van der Waals surface area contributed by atoms with Crippen LogP contribution in [-0.4, -0.2) is 23.8 Å². The second-order valence-corrected chi connectivity index (χ2v) is 6.37. The van der Waals surface area contributed by atoms with Gasteiger partial charge < -0.3 is 20.5 Å². The van der Waals surface area contributed by atoms with Crippen molar-refractivity contribution in [1.82, 2.24) is 5.32 Å². The number of carbonyl (C=O) groups excluding carboxylic acids is 1. The lowest BCUT2D eigenvalue weighted by atomic mass is 10.0. The molecule has 2 amide bonds. The van der Waals surface area contributed by atoms with Gasteiger partial charge in [0.05, 0.1) is 12.6 Å². The van der Waals surface area contributed by atoms with E-state index < -0.39 is 0 Å². The molecule has 5 nitrogen and oxygen atoms in total. The topological polar surface area (TPSA) is 70.6 Å². The quantitative estimate of drug-likeness (QED) is 0.683. The first kappa shape index (κ1) is 18.8. The largest absolute Gasteiger partial charge is 0.489 e. The second-order valence-electron chi connectivity index (χ2n) is 6.37. The standard InChI is InChI=1S/C20H26N2O3/c1-15(2)12-17(13-23)21-20(24)22-19-11-7-6-8-16(19)14-25-18-9-4-3-5-10-18/h3-11,15,17,23H,12-14H2,1-2H3,(H2,21,22,24). The van der Waals surface area contributed by atoms with Gasteiger partial charge in [-0.05, 0) is 30.5 Å². The van der Waals surface area contributed by atoms with Crippen LogP contribution in [0.3, 0.4) is 0 Å². The molecule has 25 heavy (non-hydrogen) atoms. The Morgan fingerprint density at radius 2 is 1.76 bits per heavy atom. The zero-order valence-corrected chi connectivity index (χ0v) is 14.7. The van der Waals surface area contributed by atoms with Crippen LogP contribution in [0.15, 0.2) is 54.6 Å². The number of benzene rings is 2. The number of hydrogen-bond donors (Lipinski definition) is 3. The van der Waals surface area contributed by atoms with Crippen LogP contribution in [0.25, 0.3) is 0 Å². The number of nitrogens with one attached hydrogen (secondary N) is 2. The highest BCUT2D eigenvalue weighted by molar-refractivity contribution is 5.90. The number of urea groups is 1. The zero-order valence-electron chi connectivity index (χ0n) is 14.7. The summed E-state index contributed by atoms with van der Waals surface area (Å²) in [6.07, 6.45) is 0.725. The molecule has 2 rings (SSSR count). The highest BCUT2D eigenvalue weighted by Crippen LogP contribution is 2.18. The van der Waals surface area contributed by atoms with E-state index in [4.69, 9.17) is 4.74 Å². The van der Waals surface area contributed by atoms with Crippen molar-refractivity contribution in [3.05, 3.63) is 60.2 Å². The van der Waals surface area contributed by atoms with Crippen molar-refractivity contribution >= 4 is 11.7 Å². The molecule has 134 valence electrons. The molecule has 0 fully saturated rings. The molecular weight excluding hydrogens is 316 g/mol. The SMILES string of the molecule is CC(C)CC(CO)NC(=O)Nc1ccccc1COc1ccccc1. The number of aliphatic hydroxyl groups is 1. The second kappa shape index (κ2) is 9.69. The fourth-order valence-corrected chi connectivity index (χ4v) is 2.54. The third-order valence-corrected chi connectivity index (χ3v) is 3.71. The first-order chi connectivity index (χ1) is 12.1. The summed E-state index contributed by atoms with van der Waals surface area (Å²) in [5, 5.41) is 15.0. The van der Waals surface area contributed by atoms with E-state index in [9.17, 15) is 9.90 Å². The predicted octanol–water partition coefficient (Wildman–Crippen LogP) is 3.79. The maximum Gasteiger partial charge on any atom is 0.319 e. The van der Waals surface area contributed by atoms with E-state index in [1.54, 1.807) is 0 Å². The molecule has 0 aliphatic heterocycles. The zero-order chi connectivity index (χ0) is 18.1. The molecule has 1 atom stereocenters. The summed E-state index contributed by atoms with van der Waals surface area (Å²) in [6.45, 7) is 4.39. The first-order valence-corrected chi connectivity index (χ1v) is 8.52. The maximum absolute atomic E-state index is 12.2. The Balaban J connectivity index is 1.96. The van der Waals surface area contributed by atoms with Gasteiger partial charge in [0.25, 0.3) is 0 Å². The van der Waals surface area contributed by atoms with Gasteiger partial charge in [-0.3, -0.25) is 0 Å². The van der Waals surface area contributed by atoms with E-state index in [1.165, 1.54) is 0 Å². The Bertz CT molecular complexity index is 659. The van der Waals surface area contributed by atoms with Gasteiger partial charge in [0.1, 0.15) is 12.4 Å². The molecule has 3 N–H and O–H groups in total. The van der Waals surface area contributed by atoms with Crippen LogP contribution in [0.2, 0.25) is 0 Å². The monoisotopic (exact) mass is 342 g/mol. The number of rotatable bonds is 8. The minimum atomic E-state index is -0.327. The summed E-state index contributed by atoms with van der Waals surface area (Å²) in [5.41, 5.74) is 1.57. The molecule has 2 aromatic carbocycles. The van der Waals surface area contributed by atoms with E-state index in [2.05, 4.69) is 24.5 Å². The van der Waals surface area contributed by atoms with E-state index in [1.807, 2.05) is 54.6 Å². The van der Waals surface area contributed by atoms with Crippen molar-refractivity contribution in [2.24, 2.45) is 5.92 Å². The van der Waals surface area contributed by atoms with Gasteiger partial charge in [-0.1, -0.05) is 50.2 Å². The number of para-hydroxylation sites is 2. The summed E-state index contributed by atoms with van der Waals surface area (Å²) in [5.74, 6) is 1.17. The average molecular weight is 342 g/mol. The number of amides is 2. The fraction of sp³-hybridized carbons (Fsp3) is 0.350. The molecule has 0 aliphatic rings. The molecular formula is C20H26N2O3. The lowest BCUT2D eigenvalue weighted by molar-refractivity contribution is 0.214. The van der Waals surface area contributed by atoms with Gasteiger partial charge in [0.15, 0.2) is 0 Å². The van der Waals surface area contributed by atoms with E-state index in [0.717, 1.165) is 17.7 Å². The van der Waals surface area contributed by atoms with Gasteiger partial charge in [0, 0.05) is 11.3 Å². The van der Waals surface area contributed by atoms with Crippen LogP contribution in [0.5, 0.6) is 5.75 Å². The molecule has 0 saturated heterocycles. The van der Waals surface area contributed by atoms with Crippen LogP contribution in [-0.2, 0) is 6.61 Å². The Labute approximate surface area is 149 Å². The molecule has 2 aromatic rings. The molecule has 1 unspecified atom stereocenters. The summed E-state index contributed by atoms with van der Waals surface area (Å²) in [6, 6.07) is 16.5. The number of anilines is 1. The highest BCUT2D eigenvalue weighted by Gasteiger charge is 2.14. The summed E-state index contributed by atoms with van der Waals surface area (Å²) >= 11 is 0. The summed E-state index contributed by atoms with van der Waals surface area (Å²) < 4.78 is 5.76. The number of ether oxygens (including phenoxy) is 1. The van der Waals surface area contributed by atoms with Crippen LogP contribution in [0.1, 0.15) is 25.8 Å². The number of hydrogen-bond acceptors (Lipinski definition) is 3. The Hall–Kier alpha value is -2.53. The minimum Gasteiger partial charge on any atom is -0.489 e. The molecule has 0 aromatic heterocycles. The highest BCUT2D eigenvalue weighted by atomic mass is 16.5. The Kier molecular flexibility index (Phi) is 7.29. The van der Waals surface area contributed by atoms with E-state index in [0.29, 0.717) is 18.2 Å². The fourth-order valence-electron chi connectivity index (χ4n) is 2.54. The lowest BCUT2D eigenvalue weighted by Gasteiger charge is -2.19. The smallest absolute Gasteiger partial charge is 0.319 e. The van der Waals surface area contributed by atoms with E-state index in [-0.39, 0.29) is 18.7 Å². The van der Waals surface area contributed by atoms with Gasteiger partial charge >= 0.3 is 6.03 Å². The molecule has 0 bridgehead atoms. The number of carbonyl (C=O) groups is 1. The molecule has 0 heterocycles. The van der Waals surface area contributed by atoms with Crippen molar-refractivity contribution < 1.29 is 14.6 Å². The van der Waals surface area contributed by atoms with Crippen LogP contribution >= 0.6 is 0 Å². The average Bonchev–Trinajstić information content (AvgIpc) is 2.61. The van der Waals surface area contributed by atoms with Crippen LogP contribution in [0, 0.1) is 5.92 Å². The third-order valence-electron chi connectivity index (χ3n) is 3.71. The summed E-state index contributed by atoms with van der Waals surface area (Å²) in [7, 11) is 0. The summed E-state index contributed by atoms with van der Waals surface area (Å²) in [4.78, 5) is 12.2. The normalized spacial score (nSPS) is 11.8. The molecule has 0 spiro atoms. The third kappa shape index (κ3) is 6.47. The van der Waals surface area contributed by atoms with Crippen molar-refractivity contribution in [1.29, 1.82) is 0 Å². The van der Waals surface area contributed by atoms with Crippen molar-refractivity contribution in [3.63, 3.8) is 0 Å². The lowest BCUT2D eigenvalue weighted by Crippen LogP contribution is -2.41. The first-order valence-electron chi connectivity index (χ1n) is 8.52. The van der Waals surface area contributed by atoms with E-state index >= 15 is 0 Å². The predicted molar refractivity (Wildman–Crippen MR) is 99.7 cm³/mol. The van der Waals surface area contributed by atoms with Gasteiger partial charge in [-0.25, -0.2) is 4.79 Å². The van der Waals surface area contributed by atoms with Crippen molar-refractivity contribution in [2.75, 3.05) is 11.9 Å². The molecule has 0 saturated carbocycles. The van der Waals surface area contributed by atoms with Crippen molar-refractivity contribution in [2.45, 2.75) is 32.9 Å². The Morgan fingerprint density at radius 1 is 1.08 bits per heavy atom. The molecule has 0 aliphatic carbocycles.